The van der Waals surface area contributed by atoms with Crippen LogP contribution in [0.2, 0.25) is 0 Å². The first-order valence-electron chi connectivity index (χ1n) is 12.7. The summed E-state index contributed by atoms with van der Waals surface area (Å²) in [7, 11) is 0. The molecule has 0 bridgehead atoms. The Labute approximate surface area is 223 Å². The van der Waals surface area contributed by atoms with Gasteiger partial charge in [-0.15, -0.1) is 11.3 Å². The minimum Gasteiger partial charge on any atom is -0.458 e. The Kier molecular flexibility index (Phi) is 9.47. The van der Waals surface area contributed by atoms with Gasteiger partial charge in [0.15, 0.2) is 0 Å². The number of ether oxygens (including phenoxy) is 2. The molecule has 0 radical (unpaired) electrons. The van der Waals surface area contributed by atoms with Crippen molar-refractivity contribution in [3.63, 3.8) is 0 Å². The SMILES string of the molecule is CSc1nc(C=C(C)C2CC3OC3(C)CCCC(C)C(O)C(C)C(=O)C(C)(C)C(O)CC(=O)O2)cs1. The minimum absolute atomic E-state index is 0.0501. The van der Waals surface area contributed by atoms with Crippen molar-refractivity contribution >= 4 is 40.9 Å². The van der Waals surface area contributed by atoms with Gasteiger partial charge in [0.2, 0.25) is 0 Å². The highest BCUT2D eigenvalue weighted by molar-refractivity contribution is 8.00. The average molecular weight is 540 g/mol. The number of ketones is 1. The number of hydrogen-bond acceptors (Lipinski definition) is 9. The molecule has 0 saturated carbocycles. The van der Waals surface area contributed by atoms with Crippen LogP contribution in [0.4, 0.5) is 0 Å². The predicted molar refractivity (Wildman–Crippen MR) is 143 cm³/mol. The summed E-state index contributed by atoms with van der Waals surface area (Å²) in [6, 6.07) is 0. The Morgan fingerprint density at radius 2 is 1.94 bits per heavy atom. The van der Waals surface area contributed by atoms with Crippen molar-refractivity contribution in [2.75, 3.05) is 6.26 Å². The number of nitrogens with zero attached hydrogens (tertiary/aromatic N) is 1. The summed E-state index contributed by atoms with van der Waals surface area (Å²) in [6.45, 7) is 10.9. The third-order valence-corrected chi connectivity index (χ3v) is 9.85. The fraction of sp³-hybridized carbons (Fsp3) is 0.741. The highest BCUT2D eigenvalue weighted by Crippen LogP contribution is 2.45. The van der Waals surface area contributed by atoms with E-state index in [0.29, 0.717) is 6.42 Å². The molecule has 9 heteroatoms. The molecule has 2 aliphatic rings. The summed E-state index contributed by atoms with van der Waals surface area (Å²) >= 11 is 3.15. The smallest absolute Gasteiger partial charge is 0.309 e. The van der Waals surface area contributed by atoms with Crippen LogP contribution < -0.4 is 0 Å². The molecule has 3 heterocycles. The zero-order valence-electron chi connectivity index (χ0n) is 22.4. The molecule has 0 amide bonds. The van der Waals surface area contributed by atoms with Crippen molar-refractivity contribution in [2.24, 2.45) is 17.3 Å². The molecule has 7 nitrogen and oxygen atoms in total. The van der Waals surface area contributed by atoms with Crippen molar-refractivity contribution in [3.8, 4) is 0 Å². The predicted octanol–water partition coefficient (Wildman–Crippen LogP) is 4.89. The van der Waals surface area contributed by atoms with E-state index in [9.17, 15) is 19.8 Å². The maximum absolute atomic E-state index is 13.2. The largest absolute Gasteiger partial charge is 0.458 e. The number of rotatable bonds is 3. The van der Waals surface area contributed by atoms with Crippen LogP contribution >= 0.6 is 23.1 Å². The van der Waals surface area contributed by atoms with Crippen LogP contribution in [0.5, 0.6) is 0 Å². The molecular weight excluding hydrogens is 498 g/mol. The fourth-order valence-electron chi connectivity index (χ4n) is 5.05. The Bertz CT molecular complexity index is 975. The Balaban J connectivity index is 1.85. The lowest BCUT2D eigenvalue weighted by Gasteiger charge is -2.34. The topological polar surface area (TPSA) is 109 Å². The molecule has 36 heavy (non-hydrogen) atoms. The first kappa shape index (κ1) is 29.3. The number of thiazole rings is 1. The quantitative estimate of drug-likeness (QED) is 0.317. The van der Waals surface area contributed by atoms with Crippen LogP contribution in [0, 0.1) is 17.3 Å². The molecule has 2 fully saturated rings. The van der Waals surface area contributed by atoms with Crippen LogP contribution in [0.1, 0.15) is 79.3 Å². The first-order chi connectivity index (χ1) is 16.8. The molecule has 1 aromatic rings. The van der Waals surface area contributed by atoms with Crippen LogP contribution in [0.3, 0.4) is 0 Å². The molecule has 2 aliphatic heterocycles. The molecule has 3 rings (SSSR count). The number of fused-ring (bicyclic) bond motifs is 1. The van der Waals surface area contributed by atoms with Crippen molar-refractivity contribution in [2.45, 2.75) is 108 Å². The summed E-state index contributed by atoms with van der Waals surface area (Å²) in [6.07, 6.45) is 3.94. The second-order valence-electron chi connectivity index (χ2n) is 11.2. The number of carbonyl (C=O) groups is 2. The van der Waals surface area contributed by atoms with Crippen molar-refractivity contribution in [3.05, 3.63) is 16.6 Å². The van der Waals surface area contributed by atoms with Crippen molar-refractivity contribution in [1.82, 2.24) is 4.98 Å². The maximum Gasteiger partial charge on any atom is 0.309 e. The molecule has 2 saturated heterocycles. The highest BCUT2D eigenvalue weighted by atomic mass is 32.2. The summed E-state index contributed by atoms with van der Waals surface area (Å²) in [5.74, 6) is -1.55. The fourth-order valence-corrected chi connectivity index (χ4v) is 6.28. The zero-order chi connectivity index (χ0) is 26.8. The van der Waals surface area contributed by atoms with E-state index in [4.69, 9.17) is 9.47 Å². The monoisotopic (exact) mass is 539 g/mol. The number of epoxide rings is 1. The number of aliphatic hydroxyl groups excluding tert-OH is 2. The Morgan fingerprint density at radius 1 is 1.25 bits per heavy atom. The van der Waals surface area contributed by atoms with Gasteiger partial charge in [0.25, 0.3) is 0 Å². The second-order valence-corrected chi connectivity index (χ2v) is 13.1. The maximum atomic E-state index is 13.2. The van der Waals surface area contributed by atoms with Crippen LogP contribution in [-0.4, -0.2) is 63.2 Å². The van der Waals surface area contributed by atoms with Gasteiger partial charge in [-0.2, -0.15) is 0 Å². The van der Waals surface area contributed by atoms with Crippen LogP contribution in [0.15, 0.2) is 15.3 Å². The van der Waals surface area contributed by atoms with E-state index in [-0.39, 0.29) is 29.8 Å². The molecule has 0 spiro atoms. The molecule has 7 unspecified atom stereocenters. The lowest BCUT2D eigenvalue weighted by molar-refractivity contribution is -0.154. The molecular formula is C27H41NO6S2. The van der Waals surface area contributed by atoms with Gasteiger partial charge in [-0.1, -0.05) is 45.9 Å². The normalized spacial score (nSPS) is 36.8. The van der Waals surface area contributed by atoms with Crippen LogP contribution in [-0.2, 0) is 19.1 Å². The third-order valence-electron chi connectivity index (χ3n) is 7.97. The number of aliphatic hydroxyl groups is 2. The standard InChI is InChI=1S/C27H41NO6S2/c1-15-9-8-10-27(6)21(34-27)12-19(16(2)11-18-14-36-25(28-18)35-7)33-22(30)13-20(29)26(4,5)24(32)17(3)23(15)31/h11,14-15,17,19-21,23,29,31H,8-10,12-13H2,1-7H3. The van der Waals surface area contributed by atoms with Crippen molar-refractivity contribution < 1.29 is 29.3 Å². The molecule has 0 aliphatic carbocycles. The lowest BCUT2D eigenvalue weighted by Crippen LogP contribution is -2.45. The number of thioether (sulfide) groups is 1. The van der Waals surface area contributed by atoms with Gasteiger partial charge in [-0.05, 0) is 50.5 Å². The Morgan fingerprint density at radius 3 is 2.58 bits per heavy atom. The number of esters is 1. The first-order valence-corrected chi connectivity index (χ1v) is 14.8. The summed E-state index contributed by atoms with van der Waals surface area (Å²) in [4.78, 5) is 30.8. The third kappa shape index (κ3) is 6.78. The van der Waals surface area contributed by atoms with E-state index in [1.807, 2.05) is 31.6 Å². The molecule has 202 valence electrons. The minimum atomic E-state index is -1.23. The van der Waals surface area contributed by atoms with Gasteiger partial charge < -0.3 is 19.7 Å². The zero-order valence-corrected chi connectivity index (χ0v) is 24.1. The van der Waals surface area contributed by atoms with Crippen LogP contribution in [0.25, 0.3) is 6.08 Å². The molecule has 7 atom stereocenters. The van der Waals surface area contributed by atoms with E-state index in [1.54, 1.807) is 43.9 Å². The van der Waals surface area contributed by atoms with Gasteiger partial charge in [0.05, 0.1) is 41.4 Å². The van der Waals surface area contributed by atoms with E-state index < -0.39 is 35.6 Å². The number of hydrogen-bond donors (Lipinski definition) is 2. The average Bonchev–Trinajstić information content (AvgIpc) is 3.23. The summed E-state index contributed by atoms with van der Waals surface area (Å²) in [5.41, 5.74) is 0.166. The number of Topliss-reactive ketones (excluding diaryl/α,β-unsaturated/α-hetero) is 1. The van der Waals surface area contributed by atoms with Gasteiger partial charge in [0, 0.05) is 17.7 Å². The molecule has 2 N–H and O–H groups in total. The number of carbonyl (C=O) groups excluding carboxylic acids is 2. The van der Waals surface area contributed by atoms with Crippen molar-refractivity contribution in [1.29, 1.82) is 0 Å². The van der Waals surface area contributed by atoms with Gasteiger partial charge >= 0.3 is 5.97 Å². The van der Waals surface area contributed by atoms with Gasteiger partial charge in [0.1, 0.15) is 16.2 Å². The second kappa shape index (κ2) is 11.6. The number of aromatic nitrogens is 1. The van der Waals surface area contributed by atoms with E-state index >= 15 is 0 Å². The summed E-state index contributed by atoms with van der Waals surface area (Å²) in [5, 5.41) is 23.7. The molecule has 1 aromatic heterocycles. The summed E-state index contributed by atoms with van der Waals surface area (Å²) < 4.78 is 12.9. The van der Waals surface area contributed by atoms with Gasteiger partial charge in [-0.3, -0.25) is 9.59 Å². The molecule has 0 aromatic carbocycles. The Hall–Kier alpha value is -1.26. The highest BCUT2D eigenvalue weighted by Gasteiger charge is 2.53. The van der Waals surface area contributed by atoms with Gasteiger partial charge in [-0.25, -0.2) is 4.98 Å². The number of cyclic esters (lactones) is 1. The lowest BCUT2D eigenvalue weighted by atomic mass is 9.73. The van der Waals surface area contributed by atoms with E-state index in [1.165, 1.54) is 0 Å². The van der Waals surface area contributed by atoms with E-state index in [0.717, 1.165) is 34.9 Å². The van der Waals surface area contributed by atoms with E-state index in [2.05, 4.69) is 11.9 Å².